The minimum absolute atomic E-state index is 0.0612. The number of nitrogens with zero attached hydrogens (tertiary/aromatic N) is 1. The molecule has 8 nitrogen and oxygen atoms in total. The average Bonchev–Trinajstić information content (AvgIpc) is 2.89. The van der Waals surface area contributed by atoms with Gasteiger partial charge in [0.25, 0.3) is 0 Å². The number of unbranched alkanes of at least 4 members (excludes halogenated alkanes) is 7. The Morgan fingerprint density at radius 2 is 1.42 bits per heavy atom. The maximum atomic E-state index is 13.5. The molecule has 2 aromatic rings. The molecule has 4 N–H and O–H groups in total. The predicted octanol–water partition coefficient (Wildman–Crippen LogP) is 5.43. The molecular weight excluding hydrogens is 503 g/mol. The molecule has 2 aromatic carbocycles. The fraction of sp³-hybridized carbons (Fsp3) is 0.517. The van der Waals surface area contributed by atoms with Gasteiger partial charge in [0.15, 0.2) is 0 Å². The van der Waals surface area contributed by atoms with E-state index in [9.17, 15) is 29.0 Å². The van der Waals surface area contributed by atoms with Gasteiger partial charge in [0, 0.05) is 13.1 Å². The first-order chi connectivity index (χ1) is 18.2. The van der Waals surface area contributed by atoms with E-state index in [4.69, 9.17) is 0 Å². The van der Waals surface area contributed by atoms with Gasteiger partial charge in [-0.25, -0.2) is 0 Å². The monoisotopic (exact) mass is 546 g/mol. The van der Waals surface area contributed by atoms with Crippen LogP contribution in [0.1, 0.15) is 70.3 Å². The first-order valence-electron chi connectivity index (χ1n) is 13.6. The zero-order valence-electron chi connectivity index (χ0n) is 22.4. The van der Waals surface area contributed by atoms with Gasteiger partial charge in [-0.3, -0.25) is 19.5 Å². The van der Waals surface area contributed by atoms with Crippen LogP contribution in [-0.2, 0) is 20.6 Å². The lowest BCUT2D eigenvalue weighted by atomic mass is 10.00. The highest BCUT2D eigenvalue weighted by atomic mass is 31.2. The van der Waals surface area contributed by atoms with Gasteiger partial charge in [0.2, 0.25) is 5.91 Å². The molecule has 1 atom stereocenters. The third-order valence-corrected chi connectivity index (χ3v) is 7.13. The highest BCUT2D eigenvalue weighted by Gasteiger charge is 2.27. The van der Waals surface area contributed by atoms with Crippen molar-refractivity contribution in [1.29, 1.82) is 0 Å². The summed E-state index contributed by atoms with van der Waals surface area (Å²) in [5, 5.41) is 12.0. The van der Waals surface area contributed by atoms with Crippen molar-refractivity contribution in [3.63, 3.8) is 0 Å². The molecule has 1 unspecified atom stereocenters. The van der Waals surface area contributed by atoms with E-state index in [0.29, 0.717) is 6.54 Å². The van der Waals surface area contributed by atoms with Gasteiger partial charge in [0.05, 0.1) is 18.7 Å². The second kappa shape index (κ2) is 17.2. The Kier molecular flexibility index (Phi) is 14.3. The summed E-state index contributed by atoms with van der Waals surface area (Å²) in [6.07, 6.45) is 8.23. The maximum absolute atomic E-state index is 13.5. The van der Waals surface area contributed by atoms with Crippen LogP contribution in [0.5, 0.6) is 0 Å². The zero-order chi connectivity index (χ0) is 27.8. The molecule has 0 saturated heterocycles. The zero-order valence-corrected chi connectivity index (χ0v) is 23.3. The summed E-state index contributed by atoms with van der Waals surface area (Å²) in [7, 11) is -4.39. The number of benzene rings is 2. The van der Waals surface area contributed by atoms with Crippen LogP contribution >= 0.6 is 7.60 Å². The van der Waals surface area contributed by atoms with Crippen LogP contribution in [0.2, 0.25) is 0 Å². The Morgan fingerprint density at radius 3 is 2.00 bits per heavy atom. The number of aliphatic carboxylic acids is 1. The average molecular weight is 547 g/mol. The fourth-order valence-electron chi connectivity index (χ4n) is 4.40. The SMILES string of the molecule is CCCCCCCCCCN(CCC(=O)O)C(=O)C(Cc1ccc(-c2ccccc2)cc1)NCP(=O)(O)O. The number of amides is 1. The first-order valence-corrected chi connectivity index (χ1v) is 15.4. The van der Waals surface area contributed by atoms with Crippen LogP contribution in [-0.4, -0.2) is 57.1 Å². The van der Waals surface area contributed by atoms with Crippen LogP contribution in [0.3, 0.4) is 0 Å². The molecule has 0 aromatic heterocycles. The number of nitrogens with one attached hydrogen (secondary N) is 1. The molecule has 0 bridgehead atoms. The van der Waals surface area contributed by atoms with Gasteiger partial charge in [-0.15, -0.1) is 0 Å². The van der Waals surface area contributed by atoms with Crippen LogP contribution in [0.15, 0.2) is 54.6 Å². The lowest BCUT2D eigenvalue weighted by Gasteiger charge is -2.28. The first kappa shape index (κ1) is 31.7. The number of carboxylic acid groups (broad SMARTS) is 1. The topological polar surface area (TPSA) is 127 Å². The molecule has 210 valence electrons. The minimum Gasteiger partial charge on any atom is -0.481 e. The van der Waals surface area contributed by atoms with Crippen molar-refractivity contribution in [2.75, 3.05) is 19.4 Å². The summed E-state index contributed by atoms with van der Waals surface area (Å²) in [6.45, 7) is 2.66. The third-order valence-electron chi connectivity index (χ3n) is 6.53. The van der Waals surface area contributed by atoms with Crippen LogP contribution < -0.4 is 5.32 Å². The van der Waals surface area contributed by atoms with Gasteiger partial charge in [-0.1, -0.05) is 106 Å². The standard InChI is InChI=1S/C29H43N2O6P/c1-2-3-4-5-6-7-8-12-20-31(21-19-28(32)33)29(34)27(30-23-38(35,36)37)22-24-15-17-26(18-16-24)25-13-10-9-11-14-25/h9-11,13-18,27,30H,2-8,12,19-23H2,1H3,(H,32,33)(H2,35,36,37). The van der Waals surface area contributed by atoms with E-state index < -0.39 is 25.9 Å². The second-order valence-electron chi connectivity index (χ2n) is 9.79. The smallest absolute Gasteiger partial charge is 0.339 e. The number of rotatable bonds is 19. The molecule has 0 radical (unpaired) electrons. The molecular formula is C29H43N2O6P. The van der Waals surface area contributed by atoms with Crippen LogP contribution in [0.4, 0.5) is 0 Å². The summed E-state index contributed by atoms with van der Waals surface area (Å²) < 4.78 is 11.6. The van der Waals surface area contributed by atoms with E-state index in [1.165, 1.54) is 30.6 Å². The van der Waals surface area contributed by atoms with Crippen LogP contribution in [0.25, 0.3) is 11.1 Å². The Bertz CT molecular complexity index is 1010. The molecule has 9 heteroatoms. The number of hydrogen-bond acceptors (Lipinski definition) is 4. The number of carboxylic acids is 1. The molecule has 0 heterocycles. The van der Waals surface area contributed by atoms with Crippen molar-refractivity contribution in [3.05, 3.63) is 60.2 Å². The molecule has 1 amide bonds. The summed E-state index contributed by atoms with van der Waals surface area (Å²) in [5.74, 6) is -1.33. The summed E-state index contributed by atoms with van der Waals surface area (Å²) in [4.78, 5) is 45.1. The third kappa shape index (κ3) is 12.8. The minimum atomic E-state index is -4.39. The lowest BCUT2D eigenvalue weighted by Crippen LogP contribution is -2.49. The number of hydrogen-bond donors (Lipinski definition) is 4. The van der Waals surface area contributed by atoms with Gasteiger partial charge < -0.3 is 19.8 Å². The van der Waals surface area contributed by atoms with Gasteiger partial charge in [0.1, 0.15) is 0 Å². The lowest BCUT2D eigenvalue weighted by molar-refractivity contribution is -0.139. The quantitative estimate of drug-likeness (QED) is 0.137. The van der Waals surface area contributed by atoms with Gasteiger partial charge >= 0.3 is 13.6 Å². The molecule has 0 aliphatic heterocycles. The fourth-order valence-corrected chi connectivity index (χ4v) is 4.85. The second-order valence-corrected chi connectivity index (χ2v) is 11.4. The maximum Gasteiger partial charge on any atom is 0.339 e. The van der Waals surface area contributed by atoms with Crippen molar-refractivity contribution in [3.8, 4) is 11.1 Å². The summed E-state index contributed by atoms with van der Waals surface area (Å²) in [6, 6.07) is 16.7. The van der Waals surface area contributed by atoms with Gasteiger partial charge in [-0.05, 0) is 29.5 Å². The molecule has 0 aliphatic carbocycles. The van der Waals surface area contributed by atoms with E-state index in [0.717, 1.165) is 42.4 Å². The molecule has 0 fully saturated rings. The summed E-state index contributed by atoms with van der Waals surface area (Å²) in [5.41, 5.74) is 2.93. The van der Waals surface area contributed by atoms with E-state index in [1.807, 2.05) is 54.6 Å². The predicted molar refractivity (Wildman–Crippen MR) is 151 cm³/mol. The number of carbonyl (C=O) groups excluding carboxylic acids is 1. The molecule has 0 spiro atoms. The van der Waals surface area contributed by atoms with Crippen molar-refractivity contribution in [1.82, 2.24) is 10.2 Å². The van der Waals surface area contributed by atoms with Crippen LogP contribution in [0, 0.1) is 0 Å². The van der Waals surface area contributed by atoms with Gasteiger partial charge in [-0.2, -0.15) is 0 Å². The molecule has 0 saturated carbocycles. The van der Waals surface area contributed by atoms with Crippen molar-refractivity contribution < 1.29 is 29.0 Å². The normalized spacial score (nSPS) is 12.3. The van der Waals surface area contributed by atoms with Crippen molar-refractivity contribution in [2.24, 2.45) is 0 Å². The van der Waals surface area contributed by atoms with Crippen molar-refractivity contribution in [2.45, 2.75) is 77.2 Å². The largest absolute Gasteiger partial charge is 0.481 e. The molecule has 2 rings (SSSR count). The Morgan fingerprint density at radius 1 is 0.842 bits per heavy atom. The van der Waals surface area contributed by atoms with E-state index >= 15 is 0 Å². The Labute approximate surface area is 226 Å². The highest BCUT2D eigenvalue weighted by Crippen LogP contribution is 2.32. The Balaban J connectivity index is 2.07. The van der Waals surface area contributed by atoms with E-state index in [1.54, 1.807) is 0 Å². The Hall–Kier alpha value is -2.51. The summed E-state index contributed by atoms with van der Waals surface area (Å²) >= 11 is 0. The molecule has 0 aliphatic rings. The number of carbonyl (C=O) groups is 2. The van der Waals surface area contributed by atoms with Crippen molar-refractivity contribution >= 4 is 19.5 Å². The molecule has 38 heavy (non-hydrogen) atoms. The highest BCUT2D eigenvalue weighted by molar-refractivity contribution is 7.51. The van der Waals surface area contributed by atoms with E-state index in [-0.39, 0.29) is 25.3 Å². The van der Waals surface area contributed by atoms with E-state index in [2.05, 4.69) is 12.2 Å².